The maximum atomic E-state index is 5.80. The maximum absolute atomic E-state index is 5.80. The van der Waals surface area contributed by atoms with Gasteiger partial charge in [-0.3, -0.25) is 4.98 Å². The molecule has 2 aromatic heterocycles. The second-order valence-electron chi connectivity index (χ2n) is 6.49. The molecular weight excluding hydrogens is 318 g/mol. The molecule has 0 amide bonds. The highest BCUT2D eigenvalue weighted by atomic mass is 16.7. The van der Waals surface area contributed by atoms with Gasteiger partial charge in [-0.25, -0.2) is 4.98 Å². The van der Waals surface area contributed by atoms with Crippen LogP contribution in [0.5, 0.6) is 0 Å². The van der Waals surface area contributed by atoms with E-state index in [2.05, 4.69) is 20.2 Å². The van der Waals surface area contributed by atoms with Gasteiger partial charge in [-0.15, -0.1) is 0 Å². The van der Waals surface area contributed by atoms with Crippen LogP contribution in [0.2, 0.25) is 0 Å². The van der Waals surface area contributed by atoms with E-state index < -0.39 is 0 Å². The molecule has 1 spiro atoms. The second kappa shape index (κ2) is 6.93. The number of rotatable bonds is 4. The molecule has 0 radical (unpaired) electrons. The minimum absolute atomic E-state index is 0.360. The monoisotopic (exact) mass is 341 g/mol. The number of nitrogens with zero attached hydrogens (tertiary/aromatic N) is 4. The Bertz CT molecular complexity index is 709. The normalized spacial score (nSPS) is 19.3. The average Bonchev–Trinajstić information content (AvgIpc) is 3.09. The fourth-order valence-electron chi connectivity index (χ4n) is 3.34. The number of nitrogens with one attached hydrogen (secondary N) is 1. The van der Waals surface area contributed by atoms with E-state index in [9.17, 15) is 0 Å². The number of hydrogen-bond donors (Lipinski definition) is 1. The molecule has 0 aromatic carbocycles. The molecule has 1 N–H and O–H groups in total. The van der Waals surface area contributed by atoms with Gasteiger partial charge in [0.25, 0.3) is 0 Å². The smallest absolute Gasteiger partial charge is 0.225 e. The van der Waals surface area contributed by atoms with Crippen LogP contribution >= 0.6 is 0 Å². The van der Waals surface area contributed by atoms with Crippen molar-refractivity contribution in [2.75, 3.05) is 36.5 Å². The molecule has 132 valence electrons. The number of ether oxygens (including phenoxy) is 2. The molecule has 0 aliphatic carbocycles. The van der Waals surface area contributed by atoms with Crippen LogP contribution < -0.4 is 10.2 Å². The lowest BCUT2D eigenvalue weighted by Gasteiger charge is -2.38. The Morgan fingerprint density at radius 2 is 1.84 bits per heavy atom. The second-order valence-corrected chi connectivity index (χ2v) is 6.49. The zero-order chi connectivity index (χ0) is 17.1. The lowest BCUT2D eigenvalue weighted by Crippen LogP contribution is -2.45. The fraction of sp³-hybridized carbons (Fsp3) is 0.500. The summed E-state index contributed by atoms with van der Waals surface area (Å²) in [6.45, 7) is 5.83. The maximum Gasteiger partial charge on any atom is 0.225 e. The first kappa shape index (κ1) is 16.2. The number of hydrogen-bond acceptors (Lipinski definition) is 7. The van der Waals surface area contributed by atoms with Crippen molar-refractivity contribution in [3.8, 4) is 0 Å². The van der Waals surface area contributed by atoms with Crippen molar-refractivity contribution in [1.29, 1.82) is 0 Å². The summed E-state index contributed by atoms with van der Waals surface area (Å²) in [6, 6.07) is 6.00. The summed E-state index contributed by atoms with van der Waals surface area (Å²) in [5.41, 5.74) is 2.10. The third kappa shape index (κ3) is 3.72. The SMILES string of the molecule is Cc1cc(N2CCC3(CC2)OCCO3)nc(NCc2ccncc2)n1. The summed E-state index contributed by atoms with van der Waals surface area (Å²) >= 11 is 0. The topological polar surface area (TPSA) is 72.4 Å². The molecule has 0 saturated carbocycles. The summed E-state index contributed by atoms with van der Waals surface area (Å²) < 4.78 is 11.6. The van der Waals surface area contributed by atoms with Gasteiger partial charge in [0, 0.05) is 56.6 Å². The van der Waals surface area contributed by atoms with Crippen LogP contribution in [0.25, 0.3) is 0 Å². The van der Waals surface area contributed by atoms with Gasteiger partial charge in [-0.05, 0) is 24.6 Å². The molecule has 2 aliphatic rings. The van der Waals surface area contributed by atoms with E-state index in [-0.39, 0.29) is 5.79 Å². The molecule has 7 heteroatoms. The van der Waals surface area contributed by atoms with E-state index in [1.165, 1.54) is 0 Å². The number of pyridine rings is 1. The predicted octanol–water partition coefficient (Wildman–Crippen LogP) is 2.14. The van der Waals surface area contributed by atoms with E-state index in [0.29, 0.717) is 25.7 Å². The van der Waals surface area contributed by atoms with Crippen LogP contribution in [0.15, 0.2) is 30.6 Å². The first-order valence-electron chi connectivity index (χ1n) is 8.74. The van der Waals surface area contributed by atoms with Crippen molar-refractivity contribution in [2.24, 2.45) is 0 Å². The average molecular weight is 341 g/mol. The van der Waals surface area contributed by atoms with Gasteiger partial charge in [-0.2, -0.15) is 4.98 Å². The first-order chi connectivity index (χ1) is 12.2. The Kier molecular flexibility index (Phi) is 4.50. The molecule has 4 rings (SSSR count). The van der Waals surface area contributed by atoms with Crippen LogP contribution in [-0.2, 0) is 16.0 Å². The van der Waals surface area contributed by atoms with Crippen LogP contribution in [0, 0.1) is 6.92 Å². The molecule has 25 heavy (non-hydrogen) atoms. The minimum atomic E-state index is -0.360. The van der Waals surface area contributed by atoms with Gasteiger partial charge in [-0.1, -0.05) is 0 Å². The molecule has 2 aliphatic heterocycles. The Hall–Kier alpha value is -2.25. The van der Waals surface area contributed by atoms with E-state index in [1.807, 2.05) is 25.1 Å². The highest BCUT2D eigenvalue weighted by Gasteiger charge is 2.40. The van der Waals surface area contributed by atoms with Crippen molar-refractivity contribution in [3.63, 3.8) is 0 Å². The number of anilines is 2. The summed E-state index contributed by atoms with van der Waals surface area (Å²) in [5, 5.41) is 3.30. The molecule has 2 aromatic rings. The molecular formula is C18H23N5O2. The first-order valence-corrected chi connectivity index (χ1v) is 8.74. The van der Waals surface area contributed by atoms with Gasteiger partial charge < -0.3 is 19.7 Å². The van der Waals surface area contributed by atoms with E-state index in [0.717, 1.165) is 43.0 Å². The number of aryl methyl sites for hydroxylation is 1. The Morgan fingerprint density at radius 1 is 1.12 bits per heavy atom. The van der Waals surface area contributed by atoms with Crippen molar-refractivity contribution in [1.82, 2.24) is 15.0 Å². The third-order valence-electron chi connectivity index (χ3n) is 4.70. The molecule has 0 bridgehead atoms. The van der Waals surface area contributed by atoms with Crippen molar-refractivity contribution < 1.29 is 9.47 Å². The molecule has 0 atom stereocenters. The van der Waals surface area contributed by atoms with Crippen LogP contribution in [0.3, 0.4) is 0 Å². The fourth-order valence-corrected chi connectivity index (χ4v) is 3.34. The van der Waals surface area contributed by atoms with Gasteiger partial charge in [0.1, 0.15) is 5.82 Å². The standard InChI is InChI=1S/C18H23N5O2/c1-14-12-16(23-8-4-18(5-9-23)24-10-11-25-18)22-17(21-14)20-13-15-2-6-19-7-3-15/h2-3,6-7,12H,4-5,8-11,13H2,1H3,(H,20,21,22). The van der Waals surface area contributed by atoms with Crippen LogP contribution in [0.1, 0.15) is 24.1 Å². The van der Waals surface area contributed by atoms with Gasteiger partial charge in [0.05, 0.1) is 13.2 Å². The minimum Gasteiger partial charge on any atom is -0.356 e. The van der Waals surface area contributed by atoms with Crippen LogP contribution in [0.4, 0.5) is 11.8 Å². The summed E-state index contributed by atoms with van der Waals surface area (Å²) in [4.78, 5) is 15.5. The molecule has 2 saturated heterocycles. The third-order valence-corrected chi connectivity index (χ3v) is 4.70. The quantitative estimate of drug-likeness (QED) is 0.913. The van der Waals surface area contributed by atoms with E-state index in [4.69, 9.17) is 14.5 Å². The summed E-state index contributed by atoms with van der Waals surface area (Å²) in [6.07, 6.45) is 5.32. The zero-order valence-electron chi connectivity index (χ0n) is 14.4. The van der Waals surface area contributed by atoms with E-state index >= 15 is 0 Å². The lowest BCUT2D eigenvalue weighted by atomic mass is 10.0. The van der Waals surface area contributed by atoms with Gasteiger partial charge >= 0.3 is 0 Å². The van der Waals surface area contributed by atoms with Gasteiger partial charge in [0.2, 0.25) is 5.95 Å². The van der Waals surface area contributed by atoms with Crippen molar-refractivity contribution in [3.05, 3.63) is 41.9 Å². The van der Waals surface area contributed by atoms with Gasteiger partial charge in [0.15, 0.2) is 5.79 Å². The highest BCUT2D eigenvalue weighted by molar-refractivity contribution is 5.45. The highest BCUT2D eigenvalue weighted by Crippen LogP contribution is 2.32. The predicted molar refractivity (Wildman–Crippen MR) is 94.4 cm³/mol. The lowest BCUT2D eigenvalue weighted by molar-refractivity contribution is -0.169. The molecule has 0 unspecified atom stereocenters. The Labute approximate surface area is 147 Å². The Morgan fingerprint density at radius 3 is 2.56 bits per heavy atom. The molecule has 7 nitrogen and oxygen atoms in total. The largest absolute Gasteiger partial charge is 0.356 e. The van der Waals surface area contributed by atoms with Crippen LogP contribution in [-0.4, -0.2) is 47.0 Å². The van der Waals surface area contributed by atoms with Crippen molar-refractivity contribution >= 4 is 11.8 Å². The Balaban J connectivity index is 1.43. The zero-order valence-corrected chi connectivity index (χ0v) is 14.4. The van der Waals surface area contributed by atoms with E-state index in [1.54, 1.807) is 12.4 Å². The summed E-state index contributed by atoms with van der Waals surface area (Å²) in [7, 11) is 0. The molecule has 2 fully saturated rings. The number of aromatic nitrogens is 3. The number of piperidine rings is 1. The molecule has 4 heterocycles. The van der Waals surface area contributed by atoms with Crippen molar-refractivity contribution in [2.45, 2.75) is 32.1 Å². The summed E-state index contributed by atoms with van der Waals surface area (Å²) in [5.74, 6) is 1.25.